The smallest absolute Gasteiger partial charge is 0.390 e. The van der Waals surface area contributed by atoms with Gasteiger partial charge in [0.1, 0.15) is 11.9 Å². The quantitative estimate of drug-likeness (QED) is 0.841. The van der Waals surface area contributed by atoms with Gasteiger partial charge in [-0.3, -0.25) is 0 Å². The summed E-state index contributed by atoms with van der Waals surface area (Å²) in [5.41, 5.74) is -0.926. The van der Waals surface area contributed by atoms with Crippen molar-refractivity contribution in [2.24, 2.45) is 0 Å². The Hall–Kier alpha value is -1.15. The summed E-state index contributed by atoms with van der Waals surface area (Å²) >= 11 is 5.69. The van der Waals surface area contributed by atoms with Gasteiger partial charge in [-0.2, -0.15) is 23.1 Å². The number of hydrogen-bond acceptors (Lipinski definition) is 5. The Morgan fingerprint density at radius 3 is 2.33 bits per heavy atom. The monoisotopic (exact) mass is 326 g/mol. The number of aliphatic hydroxyl groups is 1. The number of halogens is 4. The Morgan fingerprint density at radius 2 is 1.86 bits per heavy atom. The molecule has 0 aromatic carbocycles. The summed E-state index contributed by atoms with van der Waals surface area (Å²) in [6.07, 6.45) is -3.93. The van der Waals surface area contributed by atoms with Gasteiger partial charge in [-0.1, -0.05) is 6.92 Å². The number of nitrogens with zero attached hydrogens (tertiary/aromatic N) is 3. The number of alkyl halides is 3. The lowest BCUT2D eigenvalue weighted by Gasteiger charge is -2.20. The molecule has 0 aliphatic carbocycles. The number of hydrogen-bond donors (Lipinski definition) is 2. The number of anilines is 1. The first kappa shape index (κ1) is 17.9. The SMILES string of the molecule is CC[C@@H](Nc1nc(Cl)nc(CCC(C)(C)O)n1)C(F)(F)F. The van der Waals surface area contributed by atoms with Crippen molar-refractivity contribution in [2.45, 2.75) is 57.9 Å². The predicted octanol–water partition coefficient (Wildman–Crippen LogP) is 2.98. The number of aryl methyl sites for hydroxylation is 1. The highest BCUT2D eigenvalue weighted by atomic mass is 35.5. The van der Waals surface area contributed by atoms with Crippen LogP contribution in [0, 0.1) is 0 Å². The van der Waals surface area contributed by atoms with Crippen LogP contribution in [-0.2, 0) is 6.42 Å². The second-order valence-corrected chi connectivity index (χ2v) is 5.64. The zero-order chi connectivity index (χ0) is 16.3. The van der Waals surface area contributed by atoms with E-state index in [1.807, 2.05) is 0 Å². The third-order valence-corrected chi connectivity index (χ3v) is 2.89. The van der Waals surface area contributed by atoms with Crippen LogP contribution < -0.4 is 5.32 Å². The minimum atomic E-state index is -4.40. The summed E-state index contributed by atoms with van der Waals surface area (Å²) in [5.74, 6) is 0.0153. The van der Waals surface area contributed by atoms with Crippen molar-refractivity contribution >= 4 is 17.5 Å². The molecule has 120 valence electrons. The topological polar surface area (TPSA) is 70.9 Å². The van der Waals surface area contributed by atoms with E-state index in [-0.39, 0.29) is 29.9 Å². The van der Waals surface area contributed by atoms with E-state index < -0.39 is 17.8 Å². The molecule has 0 unspecified atom stereocenters. The van der Waals surface area contributed by atoms with E-state index >= 15 is 0 Å². The van der Waals surface area contributed by atoms with E-state index in [0.717, 1.165) is 0 Å². The van der Waals surface area contributed by atoms with Crippen LogP contribution in [0.3, 0.4) is 0 Å². The number of rotatable bonds is 6. The zero-order valence-corrected chi connectivity index (χ0v) is 12.8. The molecule has 1 heterocycles. The molecule has 9 heteroatoms. The van der Waals surface area contributed by atoms with Crippen molar-refractivity contribution in [3.63, 3.8) is 0 Å². The van der Waals surface area contributed by atoms with E-state index in [4.69, 9.17) is 11.6 Å². The maximum Gasteiger partial charge on any atom is 0.408 e. The van der Waals surface area contributed by atoms with Gasteiger partial charge in [0.25, 0.3) is 0 Å². The second kappa shape index (κ2) is 6.74. The van der Waals surface area contributed by atoms with Gasteiger partial charge in [-0.25, -0.2) is 4.98 Å². The summed E-state index contributed by atoms with van der Waals surface area (Å²) in [7, 11) is 0. The Balaban J connectivity index is 2.86. The summed E-state index contributed by atoms with van der Waals surface area (Å²) in [4.78, 5) is 11.4. The minimum absolute atomic E-state index is 0.161. The van der Waals surface area contributed by atoms with Crippen molar-refractivity contribution in [1.29, 1.82) is 0 Å². The summed E-state index contributed by atoms with van der Waals surface area (Å²) < 4.78 is 38.1. The molecule has 1 atom stereocenters. The zero-order valence-electron chi connectivity index (χ0n) is 12.0. The Labute approximate surface area is 126 Å². The molecule has 21 heavy (non-hydrogen) atoms. The summed E-state index contributed by atoms with van der Waals surface area (Å²) in [6, 6.07) is -1.75. The van der Waals surface area contributed by atoms with E-state index in [9.17, 15) is 18.3 Å². The molecule has 1 rings (SSSR count). The lowest BCUT2D eigenvalue weighted by molar-refractivity contribution is -0.143. The van der Waals surface area contributed by atoms with Gasteiger partial charge >= 0.3 is 6.18 Å². The van der Waals surface area contributed by atoms with Crippen molar-refractivity contribution in [1.82, 2.24) is 15.0 Å². The van der Waals surface area contributed by atoms with E-state index in [1.54, 1.807) is 13.8 Å². The van der Waals surface area contributed by atoms with Gasteiger partial charge < -0.3 is 10.4 Å². The van der Waals surface area contributed by atoms with Crippen LogP contribution in [0.4, 0.5) is 19.1 Å². The highest BCUT2D eigenvalue weighted by Crippen LogP contribution is 2.25. The fraction of sp³-hybridized carbons (Fsp3) is 0.750. The minimum Gasteiger partial charge on any atom is -0.390 e. The van der Waals surface area contributed by atoms with Gasteiger partial charge in [0, 0.05) is 6.42 Å². The Bertz CT molecular complexity index is 477. The molecule has 0 spiro atoms. The van der Waals surface area contributed by atoms with Crippen LogP contribution in [0.5, 0.6) is 0 Å². The van der Waals surface area contributed by atoms with E-state index in [1.165, 1.54) is 6.92 Å². The molecule has 0 bridgehead atoms. The molecule has 5 nitrogen and oxygen atoms in total. The predicted molar refractivity (Wildman–Crippen MR) is 73.2 cm³/mol. The van der Waals surface area contributed by atoms with Gasteiger partial charge in [-0.05, 0) is 38.3 Å². The van der Waals surface area contributed by atoms with Crippen LogP contribution in [-0.4, -0.2) is 37.9 Å². The summed E-state index contributed by atoms with van der Waals surface area (Å²) in [5, 5.41) is 11.7. The van der Waals surface area contributed by atoms with Crippen LogP contribution in [0.15, 0.2) is 0 Å². The van der Waals surface area contributed by atoms with Crippen molar-refractivity contribution in [3.8, 4) is 0 Å². The first-order valence-electron chi connectivity index (χ1n) is 6.47. The van der Waals surface area contributed by atoms with Crippen molar-refractivity contribution in [2.75, 3.05) is 5.32 Å². The standard InChI is InChI=1S/C12H18ClF3N4O/c1-4-7(12(14,15)16)17-10-19-8(18-9(13)20-10)5-6-11(2,3)21/h7,21H,4-6H2,1-3H3,(H,17,18,19,20)/t7-/m1/s1. The molecule has 0 saturated heterocycles. The van der Waals surface area contributed by atoms with E-state index in [0.29, 0.717) is 6.42 Å². The van der Waals surface area contributed by atoms with Crippen LogP contribution >= 0.6 is 11.6 Å². The lowest BCUT2D eigenvalue weighted by atomic mass is 10.0. The molecular weight excluding hydrogens is 309 g/mol. The highest BCUT2D eigenvalue weighted by molar-refractivity contribution is 6.28. The lowest BCUT2D eigenvalue weighted by Crippen LogP contribution is -2.36. The first-order valence-corrected chi connectivity index (χ1v) is 6.85. The van der Waals surface area contributed by atoms with Gasteiger partial charge in [0.2, 0.25) is 11.2 Å². The van der Waals surface area contributed by atoms with Gasteiger partial charge in [-0.15, -0.1) is 0 Å². The van der Waals surface area contributed by atoms with Gasteiger partial charge in [0.05, 0.1) is 5.60 Å². The average Bonchev–Trinajstić information content (AvgIpc) is 2.30. The van der Waals surface area contributed by atoms with Crippen LogP contribution in [0.1, 0.15) is 39.4 Å². The molecule has 1 aromatic rings. The summed E-state index contributed by atoms with van der Waals surface area (Å²) in [6.45, 7) is 4.64. The van der Waals surface area contributed by atoms with Crippen molar-refractivity contribution < 1.29 is 18.3 Å². The van der Waals surface area contributed by atoms with Crippen molar-refractivity contribution in [3.05, 3.63) is 11.1 Å². The molecule has 0 saturated carbocycles. The first-order chi connectivity index (χ1) is 9.51. The molecule has 0 aliphatic rings. The average molecular weight is 327 g/mol. The Kier molecular flexibility index (Phi) is 5.75. The number of nitrogens with one attached hydrogen (secondary N) is 1. The second-order valence-electron chi connectivity index (χ2n) is 5.30. The van der Waals surface area contributed by atoms with Crippen LogP contribution in [0.25, 0.3) is 0 Å². The van der Waals surface area contributed by atoms with E-state index in [2.05, 4.69) is 20.3 Å². The third-order valence-electron chi connectivity index (χ3n) is 2.72. The molecule has 0 amide bonds. The maximum atomic E-state index is 12.7. The molecule has 0 fully saturated rings. The molecule has 0 aliphatic heterocycles. The molecule has 1 aromatic heterocycles. The Morgan fingerprint density at radius 1 is 1.24 bits per heavy atom. The normalized spacial score (nSPS) is 14.1. The maximum absolute atomic E-state index is 12.7. The fourth-order valence-corrected chi connectivity index (χ4v) is 1.73. The molecule has 2 N–H and O–H groups in total. The number of aromatic nitrogens is 3. The fourth-order valence-electron chi connectivity index (χ4n) is 1.56. The van der Waals surface area contributed by atoms with Crippen LogP contribution in [0.2, 0.25) is 5.28 Å². The largest absolute Gasteiger partial charge is 0.408 e. The molecule has 0 radical (unpaired) electrons. The third kappa shape index (κ3) is 6.43. The van der Waals surface area contributed by atoms with Gasteiger partial charge in [0.15, 0.2) is 0 Å². The molecular formula is C12H18ClF3N4O. The highest BCUT2D eigenvalue weighted by Gasteiger charge is 2.38.